The third kappa shape index (κ3) is 4.42. The summed E-state index contributed by atoms with van der Waals surface area (Å²) in [6.45, 7) is 6.13. The van der Waals surface area contributed by atoms with Gasteiger partial charge < -0.3 is 20.1 Å². The molecule has 3 aromatic carbocycles. The molecule has 43 heavy (non-hydrogen) atoms. The highest BCUT2D eigenvalue weighted by atomic mass is 19.1. The molecule has 2 bridgehead atoms. The Balaban J connectivity index is 1.28. The second-order valence-electron chi connectivity index (χ2n) is 12.9. The molecular weight excluding hydrogens is 548 g/mol. The van der Waals surface area contributed by atoms with Crippen molar-refractivity contribution in [3.8, 4) is 22.9 Å². The standard InChI is InChI=1S/C34H37F2N5O2/c1-2-24-28(35)10-5-20-15-23(42)16-27(29(20)24)25-8-9-26-31(30(25)36)38-33(43-19-34-11-3-13-41(34)14-4-12-34)39-32(26)40-17-21-6-7-22(18-40)37-21/h5,8-10,15-16,21-22,37,42H,2-4,6-7,11-14,17-19H2,1H3. The molecule has 2 atom stereocenters. The minimum Gasteiger partial charge on any atom is -0.508 e. The monoisotopic (exact) mass is 585 g/mol. The van der Waals surface area contributed by atoms with Crippen molar-refractivity contribution < 1.29 is 18.6 Å². The van der Waals surface area contributed by atoms with E-state index in [0.717, 1.165) is 64.7 Å². The highest BCUT2D eigenvalue weighted by Crippen LogP contribution is 2.42. The quantitative estimate of drug-likeness (QED) is 0.290. The summed E-state index contributed by atoms with van der Waals surface area (Å²) in [5.41, 5.74) is 1.39. The van der Waals surface area contributed by atoms with E-state index >= 15 is 4.39 Å². The Morgan fingerprint density at radius 3 is 2.51 bits per heavy atom. The summed E-state index contributed by atoms with van der Waals surface area (Å²) in [5.74, 6) is -0.179. The number of anilines is 1. The molecule has 4 aromatic rings. The first-order valence-electron chi connectivity index (χ1n) is 15.8. The molecule has 4 saturated heterocycles. The lowest BCUT2D eigenvalue weighted by Crippen LogP contribution is -2.51. The number of phenols is 1. The molecule has 2 unspecified atom stereocenters. The van der Waals surface area contributed by atoms with Gasteiger partial charge in [0.2, 0.25) is 0 Å². The van der Waals surface area contributed by atoms with Gasteiger partial charge in [0.05, 0.1) is 5.54 Å². The fourth-order valence-electron chi connectivity index (χ4n) is 8.33. The predicted octanol–water partition coefficient (Wildman–Crippen LogP) is 5.94. The lowest BCUT2D eigenvalue weighted by molar-refractivity contribution is 0.108. The molecule has 0 amide bonds. The number of benzene rings is 3. The van der Waals surface area contributed by atoms with Crippen LogP contribution < -0.4 is 15.0 Å². The van der Waals surface area contributed by atoms with E-state index in [1.165, 1.54) is 12.1 Å². The topological polar surface area (TPSA) is 73.8 Å². The Morgan fingerprint density at radius 2 is 1.77 bits per heavy atom. The van der Waals surface area contributed by atoms with E-state index in [2.05, 4.69) is 15.1 Å². The van der Waals surface area contributed by atoms with Gasteiger partial charge in [-0.05, 0) is 104 Å². The van der Waals surface area contributed by atoms with Gasteiger partial charge in [-0.1, -0.05) is 19.1 Å². The minimum absolute atomic E-state index is 0.00344. The van der Waals surface area contributed by atoms with Gasteiger partial charge in [0.15, 0.2) is 5.82 Å². The number of piperazine rings is 1. The highest BCUT2D eigenvalue weighted by molar-refractivity contribution is 6.03. The SMILES string of the molecule is CCc1c(F)ccc2cc(O)cc(-c3ccc4c(N5CC6CCC(C5)N6)nc(OCC56CCCN5CCC6)nc4c3F)c12. The summed E-state index contributed by atoms with van der Waals surface area (Å²) in [7, 11) is 0. The van der Waals surface area contributed by atoms with Gasteiger partial charge in [-0.15, -0.1) is 0 Å². The third-order valence-electron chi connectivity index (χ3n) is 10.4. The van der Waals surface area contributed by atoms with Crippen molar-refractivity contribution in [1.29, 1.82) is 0 Å². The minimum atomic E-state index is -0.524. The first-order chi connectivity index (χ1) is 20.9. The van der Waals surface area contributed by atoms with Crippen LogP contribution in [0.25, 0.3) is 32.8 Å². The lowest BCUT2D eigenvalue weighted by Gasteiger charge is -2.34. The average molecular weight is 586 g/mol. The zero-order valence-corrected chi connectivity index (χ0v) is 24.5. The number of nitrogens with zero attached hydrogens (tertiary/aromatic N) is 4. The van der Waals surface area contributed by atoms with Gasteiger partial charge in [-0.25, -0.2) is 8.78 Å². The molecule has 0 saturated carbocycles. The number of nitrogens with one attached hydrogen (secondary N) is 1. The summed E-state index contributed by atoms with van der Waals surface area (Å²) in [6.07, 6.45) is 7.17. The maximum absolute atomic E-state index is 16.8. The molecule has 9 heteroatoms. The van der Waals surface area contributed by atoms with Crippen molar-refractivity contribution in [3.63, 3.8) is 0 Å². The van der Waals surface area contributed by atoms with Crippen LogP contribution in [0.2, 0.25) is 0 Å². The Morgan fingerprint density at radius 1 is 1.00 bits per heavy atom. The van der Waals surface area contributed by atoms with Crippen LogP contribution in [0.5, 0.6) is 11.8 Å². The summed E-state index contributed by atoms with van der Waals surface area (Å²) in [5, 5.41) is 16.2. The highest BCUT2D eigenvalue weighted by Gasteiger charge is 2.45. The summed E-state index contributed by atoms with van der Waals surface area (Å²) in [6, 6.07) is 10.7. The van der Waals surface area contributed by atoms with Crippen LogP contribution in [-0.4, -0.2) is 70.4 Å². The van der Waals surface area contributed by atoms with E-state index < -0.39 is 5.82 Å². The van der Waals surface area contributed by atoms with Crippen LogP contribution >= 0.6 is 0 Å². The number of hydrogen-bond acceptors (Lipinski definition) is 7. The number of aryl methyl sites for hydroxylation is 1. The fraction of sp³-hybridized carbons (Fsp3) is 0.471. The van der Waals surface area contributed by atoms with Crippen LogP contribution in [0.4, 0.5) is 14.6 Å². The largest absolute Gasteiger partial charge is 0.508 e. The molecule has 5 heterocycles. The number of ether oxygens (including phenoxy) is 1. The molecule has 7 nitrogen and oxygen atoms in total. The number of phenolic OH excluding ortho intramolecular Hbond substituents is 1. The number of aromatic hydroxyl groups is 1. The van der Waals surface area contributed by atoms with E-state index in [-0.39, 0.29) is 34.2 Å². The van der Waals surface area contributed by atoms with Crippen LogP contribution in [0, 0.1) is 11.6 Å². The molecule has 224 valence electrons. The molecule has 2 N–H and O–H groups in total. The molecule has 0 radical (unpaired) electrons. The van der Waals surface area contributed by atoms with Crippen LogP contribution in [0.1, 0.15) is 51.0 Å². The van der Waals surface area contributed by atoms with Gasteiger partial charge in [0.1, 0.15) is 29.5 Å². The first-order valence-corrected chi connectivity index (χ1v) is 15.8. The summed E-state index contributed by atoms with van der Waals surface area (Å²) < 4.78 is 38.2. The molecule has 4 aliphatic rings. The smallest absolute Gasteiger partial charge is 0.319 e. The molecule has 4 fully saturated rings. The van der Waals surface area contributed by atoms with Crippen molar-refractivity contribution in [2.24, 2.45) is 0 Å². The van der Waals surface area contributed by atoms with Gasteiger partial charge in [-0.2, -0.15) is 9.97 Å². The van der Waals surface area contributed by atoms with Crippen molar-refractivity contribution in [1.82, 2.24) is 20.2 Å². The van der Waals surface area contributed by atoms with Gasteiger partial charge in [-0.3, -0.25) is 4.90 Å². The van der Waals surface area contributed by atoms with Crippen molar-refractivity contribution >= 4 is 27.5 Å². The van der Waals surface area contributed by atoms with Gasteiger partial charge in [0, 0.05) is 36.1 Å². The maximum Gasteiger partial charge on any atom is 0.319 e. The maximum atomic E-state index is 16.8. The Labute approximate surface area is 249 Å². The molecule has 0 aliphatic carbocycles. The number of fused-ring (bicyclic) bond motifs is 5. The van der Waals surface area contributed by atoms with Gasteiger partial charge >= 0.3 is 6.01 Å². The van der Waals surface area contributed by atoms with E-state index in [1.807, 2.05) is 13.0 Å². The van der Waals surface area contributed by atoms with E-state index in [0.29, 0.717) is 58.2 Å². The number of hydrogen-bond donors (Lipinski definition) is 2. The number of aromatic nitrogens is 2. The average Bonchev–Trinajstić information content (AvgIpc) is 3.69. The van der Waals surface area contributed by atoms with Crippen LogP contribution in [0.15, 0.2) is 36.4 Å². The van der Waals surface area contributed by atoms with E-state index in [1.54, 1.807) is 18.2 Å². The van der Waals surface area contributed by atoms with Crippen molar-refractivity contribution in [3.05, 3.63) is 53.6 Å². The second-order valence-corrected chi connectivity index (χ2v) is 12.9. The van der Waals surface area contributed by atoms with E-state index in [9.17, 15) is 9.50 Å². The first kappa shape index (κ1) is 27.0. The summed E-state index contributed by atoms with van der Waals surface area (Å²) in [4.78, 5) is 14.4. The third-order valence-corrected chi connectivity index (χ3v) is 10.4. The molecular formula is C34H37F2N5O2. The van der Waals surface area contributed by atoms with Crippen LogP contribution in [0.3, 0.4) is 0 Å². The van der Waals surface area contributed by atoms with Crippen LogP contribution in [-0.2, 0) is 6.42 Å². The Bertz CT molecular complexity index is 1720. The number of halogens is 2. The number of rotatable bonds is 6. The normalized spacial score (nSPS) is 23.0. The summed E-state index contributed by atoms with van der Waals surface area (Å²) >= 11 is 0. The molecule has 0 spiro atoms. The Hall–Kier alpha value is -3.56. The van der Waals surface area contributed by atoms with Crippen molar-refractivity contribution in [2.45, 2.75) is 69.5 Å². The second kappa shape index (κ2) is 10.3. The van der Waals surface area contributed by atoms with E-state index in [4.69, 9.17) is 14.7 Å². The molecule has 4 aliphatic heterocycles. The van der Waals surface area contributed by atoms with Crippen molar-refractivity contribution in [2.75, 3.05) is 37.7 Å². The zero-order chi connectivity index (χ0) is 29.3. The predicted molar refractivity (Wildman–Crippen MR) is 164 cm³/mol. The lowest BCUT2D eigenvalue weighted by atomic mass is 9.92. The fourth-order valence-corrected chi connectivity index (χ4v) is 8.33. The molecule has 1 aromatic heterocycles. The van der Waals surface area contributed by atoms with Gasteiger partial charge in [0.25, 0.3) is 0 Å². The zero-order valence-electron chi connectivity index (χ0n) is 24.5. The molecule has 8 rings (SSSR count). The Kier molecular flexibility index (Phi) is 6.45.